The molecule has 1 fully saturated rings. The molecule has 12 heavy (non-hydrogen) atoms. The van der Waals surface area contributed by atoms with Crippen LogP contribution in [0.2, 0.25) is 0 Å². The summed E-state index contributed by atoms with van der Waals surface area (Å²) in [7, 11) is 0. The van der Waals surface area contributed by atoms with E-state index in [-0.39, 0.29) is 0 Å². The van der Waals surface area contributed by atoms with Gasteiger partial charge >= 0.3 is 0 Å². The van der Waals surface area contributed by atoms with Gasteiger partial charge in [0.1, 0.15) is 0 Å². The summed E-state index contributed by atoms with van der Waals surface area (Å²) in [5.41, 5.74) is 0. The van der Waals surface area contributed by atoms with Crippen molar-refractivity contribution < 1.29 is 0 Å². The van der Waals surface area contributed by atoms with Crippen LogP contribution >= 0.6 is 0 Å². The fourth-order valence-electron chi connectivity index (χ4n) is 2.14. The summed E-state index contributed by atoms with van der Waals surface area (Å²) in [6.07, 6.45) is 15.5. The van der Waals surface area contributed by atoms with E-state index in [0.717, 1.165) is 5.92 Å². The first-order valence-corrected chi connectivity index (χ1v) is 5.75. The molecular weight excluding hydrogens is 144 g/mol. The Bertz CT molecular complexity index is 90.2. The molecular formula is C12H23. The van der Waals surface area contributed by atoms with E-state index in [1.54, 1.807) is 0 Å². The van der Waals surface area contributed by atoms with Gasteiger partial charge in [0.2, 0.25) is 0 Å². The Hall–Kier alpha value is 0. The molecule has 0 heterocycles. The van der Waals surface area contributed by atoms with Crippen molar-refractivity contribution in [3.8, 4) is 0 Å². The Kier molecular flexibility index (Phi) is 5.47. The molecule has 0 bridgehead atoms. The number of rotatable bonds is 5. The fourth-order valence-corrected chi connectivity index (χ4v) is 2.14. The van der Waals surface area contributed by atoms with Gasteiger partial charge in [-0.3, -0.25) is 0 Å². The molecule has 0 heteroatoms. The first-order valence-electron chi connectivity index (χ1n) is 5.75. The lowest BCUT2D eigenvalue weighted by Gasteiger charge is -2.20. The molecule has 1 atom stereocenters. The highest BCUT2D eigenvalue weighted by atomic mass is 14.2. The lowest BCUT2D eigenvalue weighted by Crippen LogP contribution is -2.06. The quantitative estimate of drug-likeness (QED) is 0.534. The van der Waals surface area contributed by atoms with Crippen LogP contribution < -0.4 is 0 Å². The zero-order valence-corrected chi connectivity index (χ0v) is 8.52. The molecule has 0 aromatic rings. The van der Waals surface area contributed by atoms with Gasteiger partial charge in [-0.2, -0.15) is 0 Å². The van der Waals surface area contributed by atoms with Crippen molar-refractivity contribution in [2.45, 2.75) is 64.7 Å². The molecule has 0 saturated heterocycles. The van der Waals surface area contributed by atoms with Gasteiger partial charge in [0, 0.05) is 0 Å². The van der Waals surface area contributed by atoms with Crippen LogP contribution in [0.4, 0.5) is 0 Å². The Labute approximate surface area is 77.7 Å². The van der Waals surface area contributed by atoms with Crippen molar-refractivity contribution in [1.29, 1.82) is 0 Å². The monoisotopic (exact) mass is 167 g/mol. The summed E-state index contributed by atoms with van der Waals surface area (Å²) in [6.45, 7) is 2.29. The van der Waals surface area contributed by atoms with Crippen LogP contribution in [-0.4, -0.2) is 0 Å². The van der Waals surface area contributed by atoms with E-state index in [4.69, 9.17) is 0 Å². The summed E-state index contributed by atoms with van der Waals surface area (Å²) in [6, 6.07) is 0. The summed E-state index contributed by atoms with van der Waals surface area (Å²) in [5, 5.41) is 0. The van der Waals surface area contributed by atoms with E-state index < -0.39 is 0 Å². The minimum atomic E-state index is 1.05. The van der Waals surface area contributed by atoms with Gasteiger partial charge in [0.15, 0.2) is 0 Å². The molecule has 1 aliphatic rings. The highest BCUT2D eigenvalue weighted by Crippen LogP contribution is 2.27. The predicted molar refractivity (Wildman–Crippen MR) is 55.0 cm³/mol. The van der Waals surface area contributed by atoms with Gasteiger partial charge < -0.3 is 0 Å². The normalized spacial score (nSPS) is 19.8. The van der Waals surface area contributed by atoms with E-state index in [0.29, 0.717) is 0 Å². The molecule has 1 rings (SSSR count). The van der Waals surface area contributed by atoms with E-state index in [2.05, 4.69) is 13.3 Å². The Balaban J connectivity index is 1.91. The van der Waals surface area contributed by atoms with Crippen molar-refractivity contribution in [3.05, 3.63) is 6.42 Å². The average Bonchev–Trinajstić information content (AvgIpc) is 2.14. The molecule has 1 saturated carbocycles. The van der Waals surface area contributed by atoms with Crippen LogP contribution in [0.25, 0.3) is 0 Å². The second-order valence-corrected chi connectivity index (χ2v) is 4.17. The third-order valence-electron chi connectivity index (χ3n) is 2.99. The molecule has 0 aliphatic heterocycles. The van der Waals surface area contributed by atoms with Crippen molar-refractivity contribution in [3.63, 3.8) is 0 Å². The molecule has 1 unspecified atom stereocenters. The van der Waals surface area contributed by atoms with Crippen LogP contribution in [0.5, 0.6) is 0 Å². The smallest absolute Gasteiger partial charge is 0.0383 e. The maximum Gasteiger partial charge on any atom is -0.0383 e. The van der Waals surface area contributed by atoms with Gasteiger partial charge in [-0.15, -0.1) is 0 Å². The largest absolute Gasteiger partial charge is 0.0654 e. The first-order chi connectivity index (χ1) is 5.93. The SMILES string of the molecule is CCCCCCC1C[CH]CCC1. The molecule has 0 amide bonds. The molecule has 1 radical (unpaired) electrons. The third-order valence-corrected chi connectivity index (χ3v) is 2.99. The molecule has 0 spiro atoms. The van der Waals surface area contributed by atoms with Crippen LogP contribution in [0, 0.1) is 12.3 Å². The van der Waals surface area contributed by atoms with Gasteiger partial charge in [0.05, 0.1) is 0 Å². The molecule has 0 aromatic carbocycles. The second kappa shape index (κ2) is 6.51. The number of hydrogen-bond acceptors (Lipinski definition) is 0. The van der Waals surface area contributed by atoms with E-state index in [1.807, 2.05) is 0 Å². The minimum absolute atomic E-state index is 1.05. The summed E-state index contributed by atoms with van der Waals surface area (Å²) < 4.78 is 0. The van der Waals surface area contributed by atoms with Crippen LogP contribution in [0.15, 0.2) is 0 Å². The molecule has 0 nitrogen and oxygen atoms in total. The average molecular weight is 167 g/mol. The van der Waals surface area contributed by atoms with Crippen molar-refractivity contribution in [1.82, 2.24) is 0 Å². The maximum absolute atomic E-state index is 2.49. The van der Waals surface area contributed by atoms with Gasteiger partial charge in [0.25, 0.3) is 0 Å². The number of unbranched alkanes of at least 4 members (excludes halogenated alkanes) is 3. The highest BCUT2D eigenvalue weighted by Gasteiger charge is 2.12. The van der Waals surface area contributed by atoms with Gasteiger partial charge in [-0.05, 0) is 18.8 Å². The topological polar surface area (TPSA) is 0 Å². The summed E-state index contributed by atoms with van der Waals surface area (Å²) >= 11 is 0. The van der Waals surface area contributed by atoms with Gasteiger partial charge in [-0.25, -0.2) is 0 Å². The van der Waals surface area contributed by atoms with Gasteiger partial charge in [-0.1, -0.05) is 58.3 Å². The van der Waals surface area contributed by atoms with Crippen molar-refractivity contribution >= 4 is 0 Å². The molecule has 0 aromatic heterocycles. The zero-order chi connectivity index (χ0) is 8.65. The minimum Gasteiger partial charge on any atom is -0.0654 e. The lowest BCUT2D eigenvalue weighted by atomic mass is 9.85. The van der Waals surface area contributed by atoms with E-state index >= 15 is 0 Å². The summed E-state index contributed by atoms with van der Waals surface area (Å²) in [4.78, 5) is 0. The van der Waals surface area contributed by atoms with Crippen LogP contribution in [-0.2, 0) is 0 Å². The Morgan fingerprint density at radius 1 is 1.25 bits per heavy atom. The van der Waals surface area contributed by atoms with E-state index in [9.17, 15) is 0 Å². The Morgan fingerprint density at radius 3 is 2.83 bits per heavy atom. The first kappa shape index (κ1) is 10.1. The standard InChI is InChI=1S/C12H23/c1-2-3-4-6-9-12-10-7-5-8-11-12/h7,12H,2-6,8-11H2,1H3. The van der Waals surface area contributed by atoms with E-state index in [1.165, 1.54) is 57.8 Å². The Morgan fingerprint density at radius 2 is 2.17 bits per heavy atom. The maximum atomic E-state index is 2.49. The zero-order valence-electron chi connectivity index (χ0n) is 8.52. The third kappa shape index (κ3) is 4.13. The molecule has 1 aliphatic carbocycles. The number of hydrogen-bond donors (Lipinski definition) is 0. The predicted octanol–water partition coefficient (Wildman–Crippen LogP) is 4.35. The van der Waals surface area contributed by atoms with Crippen molar-refractivity contribution in [2.24, 2.45) is 5.92 Å². The summed E-state index contributed by atoms with van der Waals surface area (Å²) in [5.74, 6) is 1.05. The molecule has 0 N–H and O–H groups in total. The van der Waals surface area contributed by atoms with Crippen LogP contribution in [0.1, 0.15) is 64.7 Å². The second-order valence-electron chi connectivity index (χ2n) is 4.17. The van der Waals surface area contributed by atoms with Crippen molar-refractivity contribution in [2.75, 3.05) is 0 Å². The lowest BCUT2D eigenvalue weighted by molar-refractivity contribution is 0.373. The molecule has 71 valence electrons. The van der Waals surface area contributed by atoms with Crippen LogP contribution in [0.3, 0.4) is 0 Å². The fraction of sp³-hybridized carbons (Fsp3) is 0.917. The highest BCUT2D eigenvalue weighted by molar-refractivity contribution is 4.77.